The van der Waals surface area contributed by atoms with Crippen molar-refractivity contribution in [3.8, 4) is 0 Å². The monoisotopic (exact) mass is 285 g/mol. The van der Waals surface area contributed by atoms with Gasteiger partial charge >= 0.3 is 0 Å². The van der Waals surface area contributed by atoms with Crippen LogP contribution in [0.5, 0.6) is 0 Å². The van der Waals surface area contributed by atoms with Crippen molar-refractivity contribution in [1.82, 2.24) is 15.5 Å². The maximum absolute atomic E-state index is 13.3. The van der Waals surface area contributed by atoms with Crippen LogP contribution in [0.25, 0.3) is 0 Å². The Labute approximate surface area is 111 Å². The van der Waals surface area contributed by atoms with E-state index >= 15 is 0 Å². The van der Waals surface area contributed by atoms with E-state index in [2.05, 4.69) is 15.5 Å². The van der Waals surface area contributed by atoms with E-state index in [0.717, 1.165) is 12.1 Å². The predicted molar refractivity (Wildman–Crippen MR) is 63.6 cm³/mol. The van der Waals surface area contributed by atoms with E-state index in [1.54, 1.807) is 6.26 Å². The van der Waals surface area contributed by atoms with Crippen LogP contribution in [0.1, 0.15) is 16.2 Å². The van der Waals surface area contributed by atoms with Crippen molar-refractivity contribution in [1.29, 1.82) is 0 Å². The van der Waals surface area contributed by atoms with E-state index in [0.29, 0.717) is 5.22 Å². The molecule has 2 rings (SSSR count). The van der Waals surface area contributed by atoms with Crippen molar-refractivity contribution < 1.29 is 18.0 Å². The minimum absolute atomic E-state index is 0.0971. The maximum atomic E-state index is 13.3. The van der Waals surface area contributed by atoms with Crippen LogP contribution in [0.4, 0.5) is 8.78 Å². The molecule has 0 atom stereocenters. The highest BCUT2D eigenvalue weighted by atomic mass is 32.2. The molecule has 1 amide bonds. The summed E-state index contributed by atoms with van der Waals surface area (Å²) in [5, 5.41) is 9.98. The molecule has 0 saturated carbocycles. The Bertz CT molecular complexity index is 583. The Balaban J connectivity index is 2.05. The maximum Gasteiger partial charge on any atom is 0.276 e. The number of carbonyl (C=O) groups excluding carboxylic acids is 1. The lowest BCUT2D eigenvalue weighted by atomic mass is 10.2. The van der Waals surface area contributed by atoms with Gasteiger partial charge in [0.1, 0.15) is 17.2 Å². The van der Waals surface area contributed by atoms with E-state index in [4.69, 9.17) is 4.42 Å². The number of nitrogens with zero attached hydrogens (tertiary/aromatic N) is 2. The summed E-state index contributed by atoms with van der Waals surface area (Å²) < 4.78 is 31.8. The molecule has 2 aromatic rings. The molecule has 19 heavy (non-hydrogen) atoms. The molecule has 0 bridgehead atoms. The summed E-state index contributed by atoms with van der Waals surface area (Å²) in [5.41, 5.74) is -0.632. The molecule has 0 aliphatic rings. The Morgan fingerprint density at radius 2 is 2.05 bits per heavy atom. The van der Waals surface area contributed by atoms with E-state index in [-0.39, 0.29) is 12.4 Å². The van der Waals surface area contributed by atoms with Crippen LogP contribution in [0.15, 0.2) is 27.8 Å². The zero-order chi connectivity index (χ0) is 13.8. The number of nitrogens with one attached hydrogen (secondary N) is 1. The molecule has 0 spiro atoms. The standard InChI is InChI=1S/C11H9F2N3O2S/c1-19-11-16-15-8(18-11)5-14-10(17)9-6(12)3-2-4-7(9)13/h2-4H,5H2,1H3,(H,14,17). The van der Waals surface area contributed by atoms with Crippen LogP contribution in [-0.2, 0) is 6.54 Å². The van der Waals surface area contributed by atoms with Gasteiger partial charge in [-0.1, -0.05) is 17.8 Å². The molecule has 0 aliphatic carbocycles. The van der Waals surface area contributed by atoms with Gasteiger partial charge in [0.05, 0.1) is 6.54 Å². The Morgan fingerprint density at radius 1 is 1.37 bits per heavy atom. The van der Waals surface area contributed by atoms with Crippen LogP contribution >= 0.6 is 11.8 Å². The van der Waals surface area contributed by atoms with Crippen molar-refractivity contribution >= 4 is 17.7 Å². The van der Waals surface area contributed by atoms with E-state index < -0.39 is 23.1 Å². The fraction of sp³-hybridized carbons (Fsp3) is 0.182. The second-order valence-corrected chi connectivity index (χ2v) is 4.20. The Hall–Kier alpha value is -1.96. The molecule has 1 heterocycles. The van der Waals surface area contributed by atoms with Gasteiger partial charge < -0.3 is 9.73 Å². The molecule has 0 saturated heterocycles. The lowest BCUT2D eigenvalue weighted by Gasteiger charge is -2.04. The number of rotatable bonds is 4. The number of amides is 1. The molecular weight excluding hydrogens is 276 g/mol. The van der Waals surface area contributed by atoms with Gasteiger partial charge in [-0.25, -0.2) is 8.78 Å². The first-order valence-electron chi connectivity index (χ1n) is 5.20. The molecule has 0 fully saturated rings. The highest BCUT2D eigenvalue weighted by Gasteiger charge is 2.17. The number of aromatic nitrogens is 2. The number of carbonyl (C=O) groups is 1. The minimum atomic E-state index is -0.923. The first-order valence-corrected chi connectivity index (χ1v) is 6.43. The van der Waals surface area contributed by atoms with Gasteiger partial charge in [0.2, 0.25) is 5.89 Å². The Kier molecular flexibility index (Phi) is 4.10. The van der Waals surface area contributed by atoms with Crippen molar-refractivity contribution in [3.05, 3.63) is 41.3 Å². The molecule has 1 aromatic heterocycles. The average molecular weight is 285 g/mol. The number of thioether (sulfide) groups is 1. The Morgan fingerprint density at radius 3 is 2.63 bits per heavy atom. The molecule has 1 N–H and O–H groups in total. The van der Waals surface area contributed by atoms with E-state index in [9.17, 15) is 13.6 Å². The van der Waals surface area contributed by atoms with Crippen LogP contribution in [-0.4, -0.2) is 22.4 Å². The van der Waals surface area contributed by atoms with Crippen molar-refractivity contribution in [3.63, 3.8) is 0 Å². The average Bonchev–Trinajstić information content (AvgIpc) is 2.84. The van der Waals surface area contributed by atoms with Gasteiger partial charge in [-0.3, -0.25) is 4.79 Å². The van der Waals surface area contributed by atoms with Gasteiger partial charge in [0.15, 0.2) is 0 Å². The lowest BCUT2D eigenvalue weighted by Crippen LogP contribution is -2.25. The van der Waals surface area contributed by atoms with Gasteiger partial charge in [-0.05, 0) is 18.4 Å². The summed E-state index contributed by atoms with van der Waals surface area (Å²) in [7, 11) is 0. The zero-order valence-electron chi connectivity index (χ0n) is 9.81. The zero-order valence-corrected chi connectivity index (χ0v) is 10.6. The summed E-state index contributed by atoms with van der Waals surface area (Å²) >= 11 is 1.25. The van der Waals surface area contributed by atoms with Crippen molar-refractivity contribution in [2.45, 2.75) is 11.8 Å². The second kappa shape index (κ2) is 5.79. The third-order valence-corrected chi connectivity index (χ3v) is 2.73. The summed E-state index contributed by atoms with van der Waals surface area (Å²) in [4.78, 5) is 11.6. The van der Waals surface area contributed by atoms with Gasteiger partial charge in [0, 0.05) is 0 Å². The van der Waals surface area contributed by atoms with Crippen LogP contribution in [0.2, 0.25) is 0 Å². The second-order valence-electron chi connectivity index (χ2n) is 3.45. The molecular formula is C11H9F2N3O2S. The van der Waals surface area contributed by atoms with E-state index in [1.165, 1.54) is 17.8 Å². The van der Waals surface area contributed by atoms with Crippen molar-refractivity contribution in [2.75, 3.05) is 6.26 Å². The quantitative estimate of drug-likeness (QED) is 0.870. The topological polar surface area (TPSA) is 68.0 Å². The highest BCUT2D eigenvalue weighted by Crippen LogP contribution is 2.13. The summed E-state index contributed by atoms with van der Waals surface area (Å²) in [6, 6.07) is 3.21. The predicted octanol–water partition coefficient (Wildman–Crippen LogP) is 2.00. The van der Waals surface area contributed by atoms with Crippen LogP contribution < -0.4 is 5.32 Å². The smallest absolute Gasteiger partial charge is 0.276 e. The largest absolute Gasteiger partial charge is 0.414 e. The van der Waals surface area contributed by atoms with Gasteiger partial charge in [-0.15, -0.1) is 10.2 Å². The normalized spacial score (nSPS) is 10.5. The molecule has 1 aromatic carbocycles. The fourth-order valence-corrected chi connectivity index (χ4v) is 1.65. The van der Waals surface area contributed by atoms with E-state index in [1.807, 2.05) is 0 Å². The third-order valence-electron chi connectivity index (χ3n) is 2.21. The molecule has 8 heteroatoms. The third kappa shape index (κ3) is 3.08. The number of benzene rings is 1. The fourth-order valence-electron chi connectivity index (χ4n) is 1.35. The first-order chi connectivity index (χ1) is 9.11. The molecule has 0 aliphatic heterocycles. The summed E-state index contributed by atoms with van der Waals surface area (Å²) in [6.45, 7) is -0.0971. The van der Waals surface area contributed by atoms with Crippen LogP contribution in [0, 0.1) is 11.6 Å². The molecule has 0 unspecified atom stereocenters. The van der Waals surface area contributed by atoms with Gasteiger partial charge in [0.25, 0.3) is 11.1 Å². The summed E-state index contributed by atoms with van der Waals surface area (Å²) in [5.74, 6) is -2.56. The SMILES string of the molecule is CSc1nnc(CNC(=O)c2c(F)cccc2F)o1. The first kappa shape index (κ1) is 13.5. The number of hydrogen-bond donors (Lipinski definition) is 1. The molecule has 5 nitrogen and oxygen atoms in total. The van der Waals surface area contributed by atoms with Gasteiger partial charge in [-0.2, -0.15) is 0 Å². The highest BCUT2D eigenvalue weighted by molar-refractivity contribution is 7.98. The molecule has 100 valence electrons. The molecule has 0 radical (unpaired) electrons. The van der Waals surface area contributed by atoms with Crippen molar-refractivity contribution in [2.24, 2.45) is 0 Å². The number of hydrogen-bond acceptors (Lipinski definition) is 5. The minimum Gasteiger partial charge on any atom is -0.414 e. The lowest BCUT2D eigenvalue weighted by molar-refractivity contribution is 0.0938. The number of halogens is 2. The van der Waals surface area contributed by atoms with Crippen LogP contribution in [0.3, 0.4) is 0 Å². The summed E-state index contributed by atoms with van der Waals surface area (Å²) in [6.07, 6.45) is 1.75.